The van der Waals surface area contributed by atoms with Crippen LogP contribution in [0.4, 0.5) is 31.3 Å². The molecule has 1 amide bonds. The van der Waals surface area contributed by atoms with Gasteiger partial charge in [-0.3, -0.25) is 4.79 Å². The maximum Gasteiger partial charge on any atom is 0.409 e. The van der Waals surface area contributed by atoms with Gasteiger partial charge in [0.25, 0.3) is 0 Å². The third-order valence-electron chi connectivity index (χ3n) is 3.44. The Morgan fingerprint density at radius 1 is 1.13 bits per heavy atom. The van der Waals surface area contributed by atoms with Crippen molar-refractivity contribution in [1.82, 2.24) is 0 Å². The lowest BCUT2D eigenvalue weighted by Crippen LogP contribution is -2.45. The van der Waals surface area contributed by atoms with Gasteiger partial charge in [0.15, 0.2) is 0 Å². The van der Waals surface area contributed by atoms with Crippen molar-refractivity contribution in [1.29, 1.82) is 5.26 Å². The number of nitrogens with zero attached hydrogens (tertiary/aromatic N) is 1. The molecule has 1 N–H and O–H groups in total. The van der Waals surface area contributed by atoms with Gasteiger partial charge in [-0.2, -0.15) is 31.6 Å². The highest BCUT2D eigenvalue weighted by Crippen LogP contribution is 2.42. The zero-order valence-electron chi connectivity index (χ0n) is 11.4. The van der Waals surface area contributed by atoms with Crippen molar-refractivity contribution in [2.24, 2.45) is 5.92 Å². The quantitative estimate of drug-likeness (QED) is 0.809. The summed E-state index contributed by atoms with van der Waals surface area (Å²) in [5.41, 5.74) is 0.566. The number of halogens is 6. The Morgan fingerprint density at radius 3 is 2.22 bits per heavy atom. The predicted octanol–water partition coefficient (Wildman–Crippen LogP) is 4.18. The van der Waals surface area contributed by atoms with Crippen LogP contribution in [0.5, 0.6) is 0 Å². The molecule has 0 fully saturated rings. The summed E-state index contributed by atoms with van der Waals surface area (Å²) >= 11 is 0.864. The van der Waals surface area contributed by atoms with Gasteiger partial charge in [0.1, 0.15) is 11.1 Å². The van der Waals surface area contributed by atoms with Gasteiger partial charge in [-0.15, -0.1) is 11.3 Å². The fourth-order valence-electron chi connectivity index (χ4n) is 2.44. The molecule has 1 aromatic heterocycles. The molecule has 0 aromatic carbocycles. The second kappa shape index (κ2) is 6.03. The van der Waals surface area contributed by atoms with E-state index in [0.29, 0.717) is 18.4 Å². The summed E-state index contributed by atoms with van der Waals surface area (Å²) in [4.78, 5) is 12.3. The molecular formula is C13H10F6N2OS. The van der Waals surface area contributed by atoms with E-state index in [9.17, 15) is 31.1 Å². The molecule has 1 aliphatic carbocycles. The van der Waals surface area contributed by atoms with Crippen LogP contribution in [0.25, 0.3) is 0 Å². The van der Waals surface area contributed by atoms with Crippen molar-refractivity contribution in [3.05, 3.63) is 16.0 Å². The van der Waals surface area contributed by atoms with E-state index in [2.05, 4.69) is 0 Å². The molecule has 1 aromatic rings. The molecular weight excluding hydrogens is 346 g/mol. The maximum absolute atomic E-state index is 12.5. The number of carbonyl (C=O) groups excluding carboxylic acids is 1. The second-order valence-corrected chi connectivity index (χ2v) is 6.14. The SMILES string of the molecule is N#Cc1c(NC(=O)C(C(F)(F)F)C(F)(F)F)sc2c1CCCC2. The molecule has 2 rings (SSSR count). The highest BCUT2D eigenvalue weighted by Gasteiger charge is 2.61. The number of anilines is 1. The first-order valence-electron chi connectivity index (χ1n) is 6.54. The smallest absolute Gasteiger partial charge is 0.316 e. The minimum atomic E-state index is -5.76. The summed E-state index contributed by atoms with van der Waals surface area (Å²) in [5, 5.41) is 10.5. The summed E-state index contributed by atoms with van der Waals surface area (Å²) in [5.74, 6) is -6.35. The van der Waals surface area contributed by atoms with Crippen LogP contribution in [0.15, 0.2) is 0 Å². The van der Waals surface area contributed by atoms with Gasteiger partial charge in [0, 0.05) is 4.88 Å². The minimum absolute atomic E-state index is 0.0406. The van der Waals surface area contributed by atoms with Gasteiger partial charge < -0.3 is 5.32 Å². The average molecular weight is 356 g/mol. The van der Waals surface area contributed by atoms with E-state index in [4.69, 9.17) is 5.26 Å². The first-order chi connectivity index (χ1) is 10.6. The Kier molecular flexibility index (Phi) is 4.61. The van der Waals surface area contributed by atoms with Gasteiger partial charge in [0.2, 0.25) is 11.8 Å². The van der Waals surface area contributed by atoms with Crippen molar-refractivity contribution in [3.63, 3.8) is 0 Å². The zero-order chi connectivity index (χ0) is 17.4. The number of thiophene rings is 1. The number of amides is 1. The lowest BCUT2D eigenvalue weighted by Gasteiger charge is -2.21. The fourth-order valence-corrected chi connectivity index (χ4v) is 3.68. The molecule has 126 valence electrons. The molecule has 0 unspecified atom stereocenters. The van der Waals surface area contributed by atoms with Crippen LogP contribution in [0.3, 0.4) is 0 Å². The van der Waals surface area contributed by atoms with Crippen LogP contribution in [0.1, 0.15) is 28.8 Å². The second-order valence-electron chi connectivity index (χ2n) is 5.03. The average Bonchev–Trinajstić information content (AvgIpc) is 2.71. The zero-order valence-corrected chi connectivity index (χ0v) is 12.3. The third kappa shape index (κ3) is 3.60. The van der Waals surface area contributed by atoms with E-state index in [-0.39, 0.29) is 10.6 Å². The fraction of sp³-hybridized carbons (Fsp3) is 0.538. The monoisotopic (exact) mass is 356 g/mol. The minimum Gasteiger partial charge on any atom is -0.316 e. The van der Waals surface area contributed by atoms with E-state index in [0.717, 1.165) is 29.1 Å². The topological polar surface area (TPSA) is 52.9 Å². The molecule has 0 spiro atoms. The molecule has 1 aliphatic rings. The molecule has 1 heterocycles. The van der Waals surface area contributed by atoms with E-state index in [1.54, 1.807) is 11.4 Å². The molecule has 0 atom stereocenters. The Hall–Kier alpha value is -1.76. The van der Waals surface area contributed by atoms with Gasteiger partial charge in [-0.25, -0.2) is 0 Å². The molecule has 0 bridgehead atoms. The summed E-state index contributed by atoms with van der Waals surface area (Å²) in [6.07, 6.45) is -8.81. The summed E-state index contributed by atoms with van der Waals surface area (Å²) in [6, 6.07) is 1.76. The summed E-state index contributed by atoms with van der Waals surface area (Å²) in [7, 11) is 0. The standard InChI is InChI=1S/C13H10F6N2OS/c14-12(15,16)9(13(17,18)19)10(22)21-11-7(5-20)6-3-1-2-4-8(6)23-11/h9H,1-4H2,(H,21,22). The number of nitrogens with one attached hydrogen (secondary N) is 1. The number of nitriles is 1. The Balaban J connectivity index is 2.33. The third-order valence-corrected chi connectivity index (χ3v) is 4.64. The molecule has 0 aliphatic heterocycles. The van der Waals surface area contributed by atoms with Crippen LogP contribution in [-0.2, 0) is 17.6 Å². The molecule has 3 nitrogen and oxygen atoms in total. The van der Waals surface area contributed by atoms with Crippen LogP contribution < -0.4 is 5.32 Å². The van der Waals surface area contributed by atoms with E-state index in [1.165, 1.54) is 0 Å². The Labute approximate surface area is 130 Å². The van der Waals surface area contributed by atoms with E-state index < -0.39 is 24.2 Å². The van der Waals surface area contributed by atoms with E-state index >= 15 is 0 Å². The van der Waals surface area contributed by atoms with Gasteiger partial charge in [-0.05, 0) is 31.2 Å². The molecule has 10 heteroatoms. The van der Waals surface area contributed by atoms with Crippen molar-refractivity contribution in [3.8, 4) is 6.07 Å². The van der Waals surface area contributed by atoms with Gasteiger partial charge in [0.05, 0.1) is 5.56 Å². The number of rotatable bonds is 2. The van der Waals surface area contributed by atoms with Gasteiger partial charge >= 0.3 is 12.4 Å². The van der Waals surface area contributed by atoms with Crippen LogP contribution >= 0.6 is 11.3 Å². The maximum atomic E-state index is 12.5. The number of aryl methyl sites for hydroxylation is 1. The Morgan fingerprint density at radius 2 is 1.70 bits per heavy atom. The number of hydrogen-bond acceptors (Lipinski definition) is 3. The first-order valence-corrected chi connectivity index (χ1v) is 7.36. The lowest BCUT2D eigenvalue weighted by atomic mass is 9.96. The first kappa shape index (κ1) is 17.6. The van der Waals surface area contributed by atoms with Crippen molar-refractivity contribution >= 4 is 22.2 Å². The van der Waals surface area contributed by atoms with Crippen molar-refractivity contribution in [2.75, 3.05) is 5.32 Å². The Bertz CT molecular complexity index is 641. The van der Waals surface area contributed by atoms with Crippen molar-refractivity contribution < 1.29 is 31.1 Å². The lowest BCUT2D eigenvalue weighted by molar-refractivity contribution is -0.272. The molecule has 0 radical (unpaired) electrons. The van der Waals surface area contributed by atoms with Crippen LogP contribution in [0.2, 0.25) is 0 Å². The largest absolute Gasteiger partial charge is 0.409 e. The van der Waals surface area contributed by atoms with Crippen molar-refractivity contribution in [2.45, 2.75) is 38.0 Å². The highest BCUT2D eigenvalue weighted by molar-refractivity contribution is 7.16. The van der Waals surface area contributed by atoms with Gasteiger partial charge in [-0.1, -0.05) is 0 Å². The highest BCUT2D eigenvalue weighted by atomic mass is 32.1. The number of fused-ring (bicyclic) bond motifs is 1. The number of carbonyl (C=O) groups is 1. The summed E-state index contributed by atoms with van der Waals surface area (Å²) < 4.78 is 75.2. The van der Waals surface area contributed by atoms with Crippen LogP contribution in [-0.4, -0.2) is 18.3 Å². The molecule has 0 saturated heterocycles. The predicted molar refractivity (Wildman–Crippen MR) is 69.9 cm³/mol. The number of alkyl halides is 6. The molecule has 23 heavy (non-hydrogen) atoms. The number of hydrogen-bond donors (Lipinski definition) is 1. The van der Waals surface area contributed by atoms with Crippen LogP contribution in [0, 0.1) is 17.2 Å². The normalized spacial score (nSPS) is 15.2. The van der Waals surface area contributed by atoms with E-state index in [1.807, 2.05) is 0 Å². The summed E-state index contributed by atoms with van der Waals surface area (Å²) in [6.45, 7) is 0. The molecule has 0 saturated carbocycles.